The van der Waals surface area contributed by atoms with Crippen LogP contribution in [0.1, 0.15) is 27.2 Å². The lowest BCUT2D eigenvalue weighted by molar-refractivity contribution is 0.0463. The number of carbonyl (C=O) groups is 1. The van der Waals surface area contributed by atoms with Crippen molar-refractivity contribution >= 4 is 6.09 Å². The third-order valence-electron chi connectivity index (χ3n) is 3.24. The number of ether oxygens (including phenoxy) is 1. The topological polar surface area (TPSA) is 61.8 Å². The van der Waals surface area contributed by atoms with Gasteiger partial charge in [-0.3, -0.25) is 0 Å². The Morgan fingerprint density at radius 2 is 2.11 bits per heavy atom. The Balaban J connectivity index is 2.38. The smallest absolute Gasteiger partial charge is 0.407 e. The van der Waals surface area contributed by atoms with E-state index in [1.54, 1.807) is 0 Å². The van der Waals surface area contributed by atoms with Gasteiger partial charge in [0.2, 0.25) is 0 Å². The number of alkyl carbamates (subject to hydrolysis) is 1. The highest BCUT2D eigenvalue weighted by atomic mass is 16.6. The Morgan fingerprint density at radius 1 is 1.44 bits per heavy atom. The highest BCUT2D eigenvalue weighted by molar-refractivity contribution is 5.67. The van der Waals surface area contributed by atoms with Crippen molar-refractivity contribution in [3.05, 3.63) is 0 Å². The number of aliphatic hydroxyl groups is 1. The predicted octanol–water partition coefficient (Wildman–Crippen LogP) is 1.07. The van der Waals surface area contributed by atoms with Gasteiger partial charge in [0.1, 0.15) is 5.60 Å². The molecule has 0 aromatic carbocycles. The van der Waals surface area contributed by atoms with Gasteiger partial charge in [0, 0.05) is 19.7 Å². The molecule has 0 bridgehead atoms. The van der Waals surface area contributed by atoms with Crippen LogP contribution in [-0.4, -0.2) is 55.0 Å². The fourth-order valence-electron chi connectivity index (χ4n) is 2.26. The lowest BCUT2D eigenvalue weighted by Gasteiger charge is -2.36. The average molecular weight is 258 g/mol. The number of carbonyl (C=O) groups excluding carboxylic acids is 1. The van der Waals surface area contributed by atoms with E-state index < -0.39 is 5.60 Å². The van der Waals surface area contributed by atoms with Gasteiger partial charge < -0.3 is 20.1 Å². The molecule has 1 amide bonds. The second-order valence-corrected chi connectivity index (χ2v) is 6.14. The largest absolute Gasteiger partial charge is 0.444 e. The third-order valence-corrected chi connectivity index (χ3v) is 3.24. The molecule has 5 nitrogen and oxygen atoms in total. The Hall–Kier alpha value is -0.810. The minimum atomic E-state index is -0.468. The lowest BCUT2D eigenvalue weighted by atomic mass is 9.86. The second-order valence-electron chi connectivity index (χ2n) is 6.14. The minimum absolute atomic E-state index is 0.189. The molecule has 0 saturated carbocycles. The highest BCUT2D eigenvalue weighted by Crippen LogP contribution is 2.21. The SMILES string of the molecule is CN1CCC(CO)C(CNC(=O)OC(C)(C)C)C1. The zero-order valence-corrected chi connectivity index (χ0v) is 11.9. The van der Waals surface area contributed by atoms with Crippen LogP contribution in [-0.2, 0) is 4.74 Å². The van der Waals surface area contributed by atoms with Gasteiger partial charge in [-0.05, 0) is 52.6 Å². The Bertz CT molecular complexity index is 276. The number of likely N-dealkylation sites (tertiary alicyclic amines) is 1. The molecule has 1 heterocycles. The number of nitrogens with one attached hydrogen (secondary N) is 1. The molecule has 5 heteroatoms. The molecular formula is C13H26N2O3. The summed E-state index contributed by atoms with van der Waals surface area (Å²) in [5, 5.41) is 12.1. The zero-order valence-electron chi connectivity index (χ0n) is 11.9. The van der Waals surface area contributed by atoms with Crippen molar-refractivity contribution in [2.24, 2.45) is 11.8 Å². The van der Waals surface area contributed by atoms with Gasteiger partial charge in [-0.2, -0.15) is 0 Å². The molecular weight excluding hydrogens is 232 g/mol. The normalized spacial score (nSPS) is 25.8. The summed E-state index contributed by atoms with van der Waals surface area (Å²) in [6, 6.07) is 0. The molecule has 2 unspecified atom stereocenters. The van der Waals surface area contributed by atoms with Crippen molar-refractivity contribution in [2.45, 2.75) is 32.8 Å². The quantitative estimate of drug-likeness (QED) is 0.795. The van der Waals surface area contributed by atoms with Gasteiger partial charge in [-0.1, -0.05) is 0 Å². The number of hydrogen-bond donors (Lipinski definition) is 2. The summed E-state index contributed by atoms with van der Waals surface area (Å²) in [6.07, 6.45) is 0.598. The van der Waals surface area contributed by atoms with Crippen LogP contribution in [0.2, 0.25) is 0 Å². The molecule has 0 radical (unpaired) electrons. The second kappa shape index (κ2) is 6.38. The molecule has 2 atom stereocenters. The van der Waals surface area contributed by atoms with Crippen LogP contribution in [0.3, 0.4) is 0 Å². The van der Waals surface area contributed by atoms with Gasteiger partial charge in [0.25, 0.3) is 0 Å². The van der Waals surface area contributed by atoms with E-state index in [9.17, 15) is 9.90 Å². The first-order valence-electron chi connectivity index (χ1n) is 6.58. The number of aliphatic hydroxyl groups excluding tert-OH is 1. The Labute approximate surface area is 109 Å². The molecule has 106 valence electrons. The summed E-state index contributed by atoms with van der Waals surface area (Å²) >= 11 is 0. The number of rotatable bonds is 3. The standard InChI is InChI=1S/C13H26N2O3/c1-13(2,3)18-12(17)14-7-11-8-15(4)6-5-10(11)9-16/h10-11,16H,5-9H2,1-4H3,(H,14,17). The van der Waals surface area contributed by atoms with Gasteiger partial charge in [0.05, 0.1) is 0 Å². The maximum absolute atomic E-state index is 11.6. The van der Waals surface area contributed by atoms with E-state index in [-0.39, 0.29) is 18.6 Å². The van der Waals surface area contributed by atoms with E-state index in [2.05, 4.69) is 17.3 Å². The van der Waals surface area contributed by atoms with Gasteiger partial charge in [-0.15, -0.1) is 0 Å². The first-order valence-corrected chi connectivity index (χ1v) is 6.58. The van der Waals surface area contributed by atoms with Crippen LogP contribution in [0.5, 0.6) is 0 Å². The molecule has 1 aliphatic rings. The van der Waals surface area contributed by atoms with Crippen molar-refractivity contribution in [1.29, 1.82) is 0 Å². The molecule has 1 rings (SSSR count). The number of hydrogen-bond acceptors (Lipinski definition) is 4. The van der Waals surface area contributed by atoms with Crippen molar-refractivity contribution < 1.29 is 14.6 Å². The zero-order chi connectivity index (χ0) is 13.8. The van der Waals surface area contributed by atoms with Crippen LogP contribution >= 0.6 is 0 Å². The van der Waals surface area contributed by atoms with E-state index in [1.807, 2.05) is 20.8 Å². The van der Waals surface area contributed by atoms with E-state index in [0.717, 1.165) is 19.5 Å². The van der Waals surface area contributed by atoms with Crippen LogP contribution in [0, 0.1) is 11.8 Å². The maximum Gasteiger partial charge on any atom is 0.407 e. The van der Waals surface area contributed by atoms with Crippen LogP contribution in [0.4, 0.5) is 4.79 Å². The first-order chi connectivity index (χ1) is 8.31. The monoisotopic (exact) mass is 258 g/mol. The Morgan fingerprint density at radius 3 is 2.67 bits per heavy atom. The predicted molar refractivity (Wildman–Crippen MR) is 70.4 cm³/mol. The van der Waals surface area contributed by atoms with Gasteiger partial charge in [-0.25, -0.2) is 4.79 Å². The third kappa shape index (κ3) is 5.23. The van der Waals surface area contributed by atoms with Crippen molar-refractivity contribution in [3.8, 4) is 0 Å². The van der Waals surface area contributed by atoms with E-state index in [0.29, 0.717) is 12.5 Å². The molecule has 1 saturated heterocycles. The van der Waals surface area contributed by atoms with Crippen molar-refractivity contribution in [3.63, 3.8) is 0 Å². The molecule has 0 aliphatic carbocycles. The molecule has 1 fully saturated rings. The molecule has 2 N–H and O–H groups in total. The van der Waals surface area contributed by atoms with E-state index in [1.165, 1.54) is 0 Å². The lowest BCUT2D eigenvalue weighted by Crippen LogP contribution is -2.45. The summed E-state index contributed by atoms with van der Waals surface area (Å²) in [5.41, 5.74) is -0.468. The number of nitrogens with zero attached hydrogens (tertiary/aromatic N) is 1. The summed E-state index contributed by atoms with van der Waals surface area (Å²) in [7, 11) is 2.06. The molecule has 0 spiro atoms. The summed E-state index contributed by atoms with van der Waals surface area (Å²) in [4.78, 5) is 13.8. The van der Waals surface area contributed by atoms with Crippen molar-refractivity contribution in [1.82, 2.24) is 10.2 Å². The Kier molecular flexibility index (Phi) is 5.41. The number of amides is 1. The maximum atomic E-state index is 11.6. The average Bonchev–Trinajstić information content (AvgIpc) is 2.24. The van der Waals surface area contributed by atoms with E-state index in [4.69, 9.17) is 4.74 Å². The highest BCUT2D eigenvalue weighted by Gasteiger charge is 2.28. The number of piperidine rings is 1. The molecule has 1 aliphatic heterocycles. The van der Waals surface area contributed by atoms with E-state index >= 15 is 0 Å². The van der Waals surface area contributed by atoms with Gasteiger partial charge >= 0.3 is 6.09 Å². The summed E-state index contributed by atoms with van der Waals surface area (Å²) < 4.78 is 5.20. The fraction of sp³-hybridized carbons (Fsp3) is 0.923. The van der Waals surface area contributed by atoms with Gasteiger partial charge in [0.15, 0.2) is 0 Å². The summed E-state index contributed by atoms with van der Waals surface area (Å²) in [6.45, 7) is 8.20. The first kappa shape index (κ1) is 15.2. The van der Waals surface area contributed by atoms with Crippen LogP contribution in [0.25, 0.3) is 0 Å². The summed E-state index contributed by atoms with van der Waals surface area (Å²) in [5.74, 6) is 0.567. The minimum Gasteiger partial charge on any atom is -0.444 e. The fourth-order valence-corrected chi connectivity index (χ4v) is 2.26. The van der Waals surface area contributed by atoms with Crippen LogP contribution in [0.15, 0.2) is 0 Å². The molecule has 0 aromatic rings. The van der Waals surface area contributed by atoms with Crippen LogP contribution < -0.4 is 5.32 Å². The molecule has 0 aromatic heterocycles. The molecule has 18 heavy (non-hydrogen) atoms. The van der Waals surface area contributed by atoms with Crippen molar-refractivity contribution in [2.75, 3.05) is 33.3 Å².